The lowest BCUT2D eigenvalue weighted by atomic mass is 9.98. The molecule has 0 aliphatic rings. The van der Waals surface area contributed by atoms with E-state index in [1.54, 1.807) is 12.1 Å². The number of hydrogen-bond donors (Lipinski definition) is 1. The zero-order chi connectivity index (χ0) is 15.8. The quantitative estimate of drug-likeness (QED) is 0.568. The number of ether oxygens (including phenoxy) is 1. The van der Waals surface area contributed by atoms with Crippen LogP contribution in [0.1, 0.15) is 75.3 Å². The lowest BCUT2D eigenvalue weighted by molar-refractivity contribution is 0.0378. The number of hydrogen-bond acceptors (Lipinski definition) is 3. The molecule has 0 radical (unpaired) electrons. The van der Waals surface area contributed by atoms with Crippen molar-refractivity contribution < 1.29 is 9.53 Å². The van der Waals surface area contributed by atoms with Gasteiger partial charge < -0.3 is 10.5 Å². The first-order valence-corrected chi connectivity index (χ1v) is 7.96. The normalized spacial score (nSPS) is 12.7. The van der Waals surface area contributed by atoms with Crippen molar-refractivity contribution in [1.29, 1.82) is 0 Å². The molecule has 0 unspecified atom stereocenters. The summed E-state index contributed by atoms with van der Waals surface area (Å²) >= 11 is 0. The van der Waals surface area contributed by atoms with Crippen LogP contribution in [0, 0.1) is 5.92 Å². The molecule has 0 amide bonds. The van der Waals surface area contributed by atoms with Gasteiger partial charge in [-0.05, 0) is 43.9 Å². The number of rotatable bonds is 8. The molecule has 1 aromatic rings. The van der Waals surface area contributed by atoms with Crippen molar-refractivity contribution in [2.45, 2.75) is 65.5 Å². The van der Waals surface area contributed by atoms with Gasteiger partial charge in [-0.3, -0.25) is 0 Å². The van der Waals surface area contributed by atoms with Crippen LogP contribution in [0.25, 0.3) is 0 Å². The van der Waals surface area contributed by atoms with Gasteiger partial charge >= 0.3 is 5.97 Å². The smallest absolute Gasteiger partial charge is 0.338 e. The highest BCUT2D eigenvalue weighted by atomic mass is 16.5. The number of esters is 1. The van der Waals surface area contributed by atoms with Crippen LogP contribution in [0.15, 0.2) is 24.3 Å². The third-order valence-electron chi connectivity index (χ3n) is 3.46. The van der Waals surface area contributed by atoms with Gasteiger partial charge in [0.2, 0.25) is 0 Å². The second-order valence-electron chi connectivity index (χ2n) is 6.36. The molecule has 1 atom stereocenters. The van der Waals surface area contributed by atoms with Crippen molar-refractivity contribution in [3.8, 4) is 0 Å². The van der Waals surface area contributed by atoms with E-state index < -0.39 is 0 Å². The molecule has 2 N–H and O–H groups in total. The van der Waals surface area contributed by atoms with E-state index in [0.29, 0.717) is 5.56 Å². The number of carbonyl (C=O) groups excluding carboxylic acids is 1. The Kier molecular flexibility index (Phi) is 7.44. The summed E-state index contributed by atoms with van der Waals surface area (Å²) in [7, 11) is 0. The van der Waals surface area contributed by atoms with Crippen LogP contribution in [0.5, 0.6) is 0 Å². The molecule has 118 valence electrons. The Morgan fingerprint density at radius 3 is 2.14 bits per heavy atom. The van der Waals surface area contributed by atoms with Crippen molar-refractivity contribution in [1.82, 2.24) is 0 Å². The summed E-state index contributed by atoms with van der Waals surface area (Å²) in [5.41, 5.74) is 7.87. The van der Waals surface area contributed by atoms with E-state index in [-0.39, 0.29) is 18.1 Å². The molecule has 0 spiro atoms. The van der Waals surface area contributed by atoms with E-state index in [0.717, 1.165) is 24.3 Å². The number of nitrogens with two attached hydrogens (primary N) is 1. The van der Waals surface area contributed by atoms with Gasteiger partial charge in [-0.1, -0.05) is 45.2 Å². The van der Waals surface area contributed by atoms with Gasteiger partial charge in [-0.2, -0.15) is 0 Å². The van der Waals surface area contributed by atoms with Crippen LogP contribution in [0.4, 0.5) is 0 Å². The lowest BCUT2D eigenvalue weighted by Crippen LogP contribution is -2.13. The summed E-state index contributed by atoms with van der Waals surface area (Å²) in [4.78, 5) is 11.8. The molecule has 0 aromatic heterocycles. The van der Waals surface area contributed by atoms with Gasteiger partial charge in [-0.25, -0.2) is 4.79 Å². The Balaban J connectivity index is 2.47. The van der Waals surface area contributed by atoms with Gasteiger partial charge in [0.25, 0.3) is 0 Å². The summed E-state index contributed by atoms with van der Waals surface area (Å²) in [5.74, 6) is 0.481. The Morgan fingerprint density at radius 1 is 1.05 bits per heavy atom. The molecule has 3 heteroatoms. The number of benzene rings is 1. The molecule has 1 rings (SSSR count). The van der Waals surface area contributed by atoms with Gasteiger partial charge in [0.15, 0.2) is 0 Å². The van der Waals surface area contributed by atoms with Crippen LogP contribution in [-0.4, -0.2) is 12.1 Å². The molecule has 0 fully saturated rings. The fraction of sp³-hybridized carbons (Fsp3) is 0.611. The van der Waals surface area contributed by atoms with E-state index in [4.69, 9.17) is 10.5 Å². The van der Waals surface area contributed by atoms with Crippen LogP contribution in [0.3, 0.4) is 0 Å². The van der Waals surface area contributed by atoms with E-state index in [1.165, 1.54) is 12.8 Å². The molecular formula is C18H29NO2. The molecule has 3 nitrogen and oxygen atoms in total. The highest BCUT2D eigenvalue weighted by molar-refractivity contribution is 5.89. The van der Waals surface area contributed by atoms with Gasteiger partial charge in [-0.15, -0.1) is 0 Å². The Labute approximate surface area is 128 Å². The summed E-state index contributed by atoms with van der Waals surface area (Å²) in [6.45, 7) is 8.18. The molecule has 0 aliphatic carbocycles. The molecule has 1 aromatic carbocycles. The Morgan fingerprint density at radius 2 is 1.62 bits per heavy atom. The number of unbranched alkanes of at least 4 members (excludes halogenated alkanes) is 1. The van der Waals surface area contributed by atoms with Crippen molar-refractivity contribution in [3.05, 3.63) is 35.4 Å². The first kappa shape index (κ1) is 17.7. The predicted octanol–water partition coefficient (Wildman–Crippen LogP) is 4.47. The SMILES string of the molecule is CC(C)CCCC[C@@H](N)c1ccc(C(=O)OC(C)C)cc1. The van der Waals surface area contributed by atoms with Crippen LogP contribution < -0.4 is 5.73 Å². The molecule has 0 saturated carbocycles. The second kappa shape index (κ2) is 8.83. The van der Waals surface area contributed by atoms with E-state index in [1.807, 2.05) is 26.0 Å². The Hall–Kier alpha value is -1.35. The fourth-order valence-electron chi connectivity index (χ4n) is 2.23. The number of carbonyl (C=O) groups is 1. The largest absolute Gasteiger partial charge is 0.459 e. The average Bonchev–Trinajstić information content (AvgIpc) is 2.42. The zero-order valence-corrected chi connectivity index (χ0v) is 13.8. The lowest BCUT2D eigenvalue weighted by Gasteiger charge is -2.13. The summed E-state index contributed by atoms with van der Waals surface area (Å²) in [5, 5.41) is 0. The summed E-state index contributed by atoms with van der Waals surface area (Å²) in [6, 6.07) is 7.52. The van der Waals surface area contributed by atoms with Crippen LogP contribution in [-0.2, 0) is 4.74 Å². The van der Waals surface area contributed by atoms with Gasteiger partial charge in [0, 0.05) is 6.04 Å². The molecular weight excluding hydrogens is 262 g/mol. The average molecular weight is 291 g/mol. The minimum atomic E-state index is -0.276. The third-order valence-corrected chi connectivity index (χ3v) is 3.46. The fourth-order valence-corrected chi connectivity index (χ4v) is 2.23. The van der Waals surface area contributed by atoms with Gasteiger partial charge in [0.05, 0.1) is 11.7 Å². The maximum Gasteiger partial charge on any atom is 0.338 e. The predicted molar refractivity (Wildman–Crippen MR) is 87.2 cm³/mol. The molecule has 0 heterocycles. The topological polar surface area (TPSA) is 52.3 Å². The van der Waals surface area contributed by atoms with Crippen LogP contribution >= 0.6 is 0 Å². The molecule has 21 heavy (non-hydrogen) atoms. The highest BCUT2D eigenvalue weighted by Crippen LogP contribution is 2.19. The van der Waals surface area contributed by atoms with Crippen molar-refractivity contribution >= 4 is 5.97 Å². The minimum absolute atomic E-state index is 0.0485. The highest BCUT2D eigenvalue weighted by Gasteiger charge is 2.11. The van der Waals surface area contributed by atoms with Crippen LogP contribution in [0.2, 0.25) is 0 Å². The Bertz CT molecular complexity index is 423. The monoisotopic (exact) mass is 291 g/mol. The maximum atomic E-state index is 11.8. The third kappa shape index (κ3) is 6.76. The standard InChI is InChI=1S/C18H29NO2/c1-13(2)7-5-6-8-17(19)15-9-11-16(12-10-15)18(20)21-14(3)4/h9-14,17H,5-8,19H2,1-4H3/t17-/m1/s1. The van der Waals surface area contributed by atoms with E-state index in [2.05, 4.69) is 13.8 Å². The van der Waals surface area contributed by atoms with Crippen molar-refractivity contribution in [2.75, 3.05) is 0 Å². The first-order valence-electron chi connectivity index (χ1n) is 7.96. The summed E-state index contributed by atoms with van der Waals surface area (Å²) in [6.07, 6.45) is 4.52. The minimum Gasteiger partial charge on any atom is -0.459 e. The van der Waals surface area contributed by atoms with E-state index >= 15 is 0 Å². The maximum absolute atomic E-state index is 11.8. The molecule has 0 bridgehead atoms. The molecule has 0 aliphatic heterocycles. The van der Waals surface area contributed by atoms with Crippen molar-refractivity contribution in [2.24, 2.45) is 11.7 Å². The molecule has 0 saturated heterocycles. The van der Waals surface area contributed by atoms with E-state index in [9.17, 15) is 4.79 Å². The van der Waals surface area contributed by atoms with Crippen molar-refractivity contribution in [3.63, 3.8) is 0 Å². The zero-order valence-electron chi connectivity index (χ0n) is 13.8. The summed E-state index contributed by atoms with van der Waals surface area (Å²) < 4.78 is 5.17. The van der Waals surface area contributed by atoms with Gasteiger partial charge in [0.1, 0.15) is 0 Å². The second-order valence-corrected chi connectivity index (χ2v) is 6.36. The first-order chi connectivity index (χ1) is 9.90.